The van der Waals surface area contributed by atoms with E-state index in [9.17, 15) is 14.4 Å². The second-order valence-electron chi connectivity index (χ2n) is 6.82. The number of nitrogens with one attached hydrogen (secondary N) is 1. The molecule has 0 saturated heterocycles. The number of nitriles is 1. The van der Waals surface area contributed by atoms with E-state index in [-0.39, 0.29) is 23.4 Å². The summed E-state index contributed by atoms with van der Waals surface area (Å²) in [5, 5.41) is 12.9. The topological polar surface area (TPSA) is 78.7 Å². The maximum atomic E-state index is 13.2. The summed E-state index contributed by atoms with van der Waals surface area (Å²) in [6.45, 7) is 5.51. The summed E-state index contributed by atoms with van der Waals surface area (Å²) in [6.07, 6.45) is 1.47. The number of thiophene rings is 1. The second kappa shape index (κ2) is 8.25. The van der Waals surface area contributed by atoms with E-state index >= 15 is 0 Å². The lowest BCUT2D eigenvalue weighted by Gasteiger charge is -2.27. The molecular formula is C20H19FN4OS2. The Balaban J connectivity index is 1.78. The van der Waals surface area contributed by atoms with E-state index in [1.807, 2.05) is 19.9 Å². The molecule has 2 aromatic heterocycles. The number of amides is 1. The third-order valence-corrected chi connectivity index (χ3v) is 6.83. The van der Waals surface area contributed by atoms with E-state index in [1.165, 1.54) is 41.6 Å². The van der Waals surface area contributed by atoms with Crippen LogP contribution in [0.3, 0.4) is 0 Å². The molecule has 8 heteroatoms. The van der Waals surface area contributed by atoms with Crippen LogP contribution in [-0.4, -0.2) is 27.2 Å². The number of carbonyl (C=O) groups is 1. The Kier molecular flexibility index (Phi) is 5.96. The number of halogens is 1. The fraction of sp³-hybridized carbons (Fsp3) is 0.300. The average Bonchev–Trinajstić information content (AvgIpc) is 3.11. The van der Waals surface area contributed by atoms with Gasteiger partial charge in [-0.3, -0.25) is 4.79 Å². The molecule has 0 aliphatic rings. The third-order valence-electron chi connectivity index (χ3n) is 4.53. The van der Waals surface area contributed by atoms with E-state index in [1.54, 1.807) is 19.1 Å². The Morgan fingerprint density at radius 1 is 1.36 bits per heavy atom. The summed E-state index contributed by atoms with van der Waals surface area (Å²) < 4.78 is 14.0. The van der Waals surface area contributed by atoms with Gasteiger partial charge in [-0.1, -0.05) is 37.7 Å². The molecule has 1 atom stereocenters. The minimum Gasteiger partial charge on any atom is -0.337 e. The van der Waals surface area contributed by atoms with Crippen LogP contribution in [-0.2, 0) is 4.79 Å². The molecule has 1 unspecified atom stereocenters. The normalized spacial score (nSPS) is 13.3. The van der Waals surface area contributed by atoms with E-state index in [0.717, 1.165) is 20.7 Å². The van der Waals surface area contributed by atoms with Crippen LogP contribution < -0.4 is 5.32 Å². The van der Waals surface area contributed by atoms with Gasteiger partial charge in [0.25, 0.3) is 0 Å². The molecule has 1 N–H and O–H groups in total. The highest BCUT2D eigenvalue weighted by Gasteiger charge is 2.30. The molecule has 2 heterocycles. The molecule has 0 radical (unpaired) electrons. The van der Waals surface area contributed by atoms with Crippen molar-refractivity contribution in [1.82, 2.24) is 15.3 Å². The molecule has 5 nitrogen and oxygen atoms in total. The van der Waals surface area contributed by atoms with Gasteiger partial charge in [-0.15, -0.1) is 11.3 Å². The number of hydrogen-bond acceptors (Lipinski definition) is 6. The first-order valence-electron chi connectivity index (χ1n) is 8.68. The quantitative estimate of drug-likeness (QED) is 0.469. The Hall–Kier alpha value is -2.50. The number of carbonyl (C=O) groups excluding carboxylic acids is 1. The van der Waals surface area contributed by atoms with Crippen molar-refractivity contribution in [3.63, 3.8) is 0 Å². The summed E-state index contributed by atoms with van der Waals surface area (Å²) in [5.41, 5.74) is 0.781. The fourth-order valence-corrected chi connectivity index (χ4v) is 4.45. The number of aromatic nitrogens is 2. The zero-order valence-electron chi connectivity index (χ0n) is 15.7. The van der Waals surface area contributed by atoms with Crippen molar-refractivity contribution in [3.05, 3.63) is 42.5 Å². The summed E-state index contributed by atoms with van der Waals surface area (Å²) in [7, 11) is 0. The molecule has 144 valence electrons. The van der Waals surface area contributed by atoms with Gasteiger partial charge < -0.3 is 5.32 Å². The molecule has 3 aromatic rings. The highest BCUT2D eigenvalue weighted by atomic mass is 32.2. The second-order valence-corrected chi connectivity index (χ2v) is 8.83. The number of hydrogen-bond donors (Lipinski definition) is 1. The van der Waals surface area contributed by atoms with Gasteiger partial charge in [0.05, 0.1) is 22.0 Å². The van der Waals surface area contributed by atoms with Crippen molar-refractivity contribution in [2.24, 2.45) is 5.92 Å². The van der Waals surface area contributed by atoms with Crippen molar-refractivity contribution in [3.8, 4) is 16.5 Å². The summed E-state index contributed by atoms with van der Waals surface area (Å²) in [6, 6.07) is 10.4. The van der Waals surface area contributed by atoms with Gasteiger partial charge in [0, 0.05) is 4.88 Å². The van der Waals surface area contributed by atoms with Gasteiger partial charge in [0.1, 0.15) is 22.7 Å². The van der Waals surface area contributed by atoms with Gasteiger partial charge >= 0.3 is 0 Å². The molecular weight excluding hydrogens is 395 g/mol. The minimum atomic E-state index is -0.905. The summed E-state index contributed by atoms with van der Waals surface area (Å²) in [5.74, 6) is -0.352. The van der Waals surface area contributed by atoms with Crippen molar-refractivity contribution in [1.29, 1.82) is 5.26 Å². The van der Waals surface area contributed by atoms with Crippen molar-refractivity contribution < 1.29 is 9.18 Å². The maximum absolute atomic E-state index is 13.2. The van der Waals surface area contributed by atoms with Crippen LogP contribution >= 0.6 is 23.1 Å². The van der Waals surface area contributed by atoms with Crippen LogP contribution in [0.1, 0.15) is 20.8 Å². The van der Waals surface area contributed by atoms with Crippen LogP contribution in [0, 0.1) is 23.1 Å². The predicted octanol–water partition coefficient (Wildman–Crippen LogP) is 4.64. The van der Waals surface area contributed by atoms with E-state index in [2.05, 4.69) is 21.4 Å². The van der Waals surface area contributed by atoms with Gasteiger partial charge in [-0.25, -0.2) is 14.4 Å². The Morgan fingerprint density at radius 2 is 2.07 bits per heavy atom. The number of fused-ring (bicyclic) bond motifs is 1. The molecule has 0 saturated carbocycles. The number of nitrogens with zero attached hydrogens (tertiary/aromatic N) is 3. The highest BCUT2D eigenvalue weighted by Crippen LogP contribution is 2.36. The smallest absolute Gasteiger partial charge is 0.231 e. The van der Waals surface area contributed by atoms with Crippen LogP contribution in [0.2, 0.25) is 0 Å². The largest absolute Gasteiger partial charge is 0.337 e. The van der Waals surface area contributed by atoms with Gasteiger partial charge in [0.15, 0.2) is 0 Å². The van der Waals surface area contributed by atoms with Crippen molar-refractivity contribution in [2.45, 2.75) is 31.3 Å². The fourth-order valence-electron chi connectivity index (χ4n) is 2.45. The maximum Gasteiger partial charge on any atom is 0.231 e. The first kappa shape index (κ1) is 20.2. The first-order chi connectivity index (χ1) is 13.3. The molecule has 0 spiro atoms. The molecule has 0 fully saturated rings. The third kappa shape index (κ3) is 4.32. The Labute approximate surface area is 171 Å². The number of rotatable bonds is 6. The lowest BCUT2D eigenvalue weighted by Crippen LogP contribution is -2.49. The van der Waals surface area contributed by atoms with Gasteiger partial charge in [-0.05, 0) is 36.6 Å². The zero-order chi connectivity index (χ0) is 20.3. The van der Waals surface area contributed by atoms with E-state index in [4.69, 9.17) is 0 Å². The van der Waals surface area contributed by atoms with Gasteiger partial charge in [-0.2, -0.15) is 5.26 Å². The van der Waals surface area contributed by atoms with Gasteiger partial charge in [0.2, 0.25) is 5.91 Å². The summed E-state index contributed by atoms with van der Waals surface area (Å²) in [4.78, 5) is 21.9. The summed E-state index contributed by atoms with van der Waals surface area (Å²) >= 11 is 2.81. The Morgan fingerprint density at radius 3 is 2.71 bits per heavy atom. The van der Waals surface area contributed by atoms with E-state index in [0.29, 0.717) is 5.03 Å². The lowest BCUT2D eigenvalue weighted by molar-refractivity contribution is -0.120. The molecule has 3 rings (SSSR count). The van der Waals surface area contributed by atoms with Crippen LogP contribution in [0.4, 0.5) is 4.39 Å². The molecule has 28 heavy (non-hydrogen) atoms. The minimum absolute atomic E-state index is 0.00669. The van der Waals surface area contributed by atoms with Crippen LogP contribution in [0.5, 0.6) is 0 Å². The van der Waals surface area contributed by atoms with E-state index < -0.39 is 5.54 Å². The average molecular weight is 415 g/mol. The zero-order valence-corrected chi connectivity index (χ0v) is 17.3. The molecule has 1 aromatic carbocycles. The standard InChI is InChI=1S/C20H19FN4OS2/c1-12(2)20(3,10-22)25-17(26)9-27-19-18-15(23-11-24-19)8-16(28-18)13-4-6-14(21)7-5-13/h4-8,11-12H,9H2,1-3H3,(H,25,26). The molecule has 0 aliphatic carbocycles. The molecule has 0 aliphatic heterocycles. The number of benzene rings is 1. The first-order valence-corrected chi connectivity index (χ1v) is 10.5. The molecule has 0 bridgehead atoms. The number of thioether (sulfide) groups is 1. The molecule has 1 amide bonds. The lowest BCUT2D eigenvalue weighted by atomic mass is 9.90. The van der Waals surface area contributed by atoms with Crippen molar-refractivity contribution >= 4 is 39.2 Å². The monoisotopic (exact) mass is 414 g/mol. The predicted molar refractivity (Wildman–Crippen MR) is 111 cm³/mol. The SMILES string of the molecule is CC(C)C(C)(C#N)NC(=O)CSc1ncnc2cc(-c3ccc(F)cc3)sc12. The van der Waals surface area contributed by atoms with Crippen molar-refractivity contribution in [2.75, 3.05) is 5.75 Å². The Bertz CT molecular complexity index is 1040. The van der Waals surface area contributed by atoms with Crippen LogP contribution in [0.15, 0.2) is 41.7 Å². The highest BCUT2D eigenvalue weighted by molar-refractivity contribution is 8.00. The van der Waals surface area contributed by atoms with Crippen LogP contribution in [0.25, 0.3) is 20.7 Å².